The molecule has 0 aromatic heterocycles. The number of esters is 1. The summed E-state index contributed by atoms with van der Waals surface area (Å²) in [4.78, 5) is 14.3. The molecule has 0 spiro atoms. The fourth-order valence-electron chi connectivity index (χ4n) is 2.63. The van der Waals surface area contributed by atoms with Crippen LogP contribution in [0.2, 0.25) is 0 Å². The topological polar surface area (TPSA) is 72.9 Å². The average molecular weight is 369 g/mol. The molecule has 1 unspecified atom stereocenters. The van der Waals surface area contributed by atoms with Crippen LogP contribution in [-0.4, -0.2) is 44.2 Å². The van der Waals surface area contributed by atoms with E-state index in [9.17, 15) is 13.2 Å². The van der Waals surface area contributed by atoms with E-state index in [-0.39, 0.29) is 4.90 Å². The smallest absolute Gasteiger partial charge is 0.352 e. The standard InChI is InChI=1S/C18H27NO5S/c1-14-8-10-15(11-9-14)25(21,22)24-16(17(20)23-18(2,3)4)19-12-6-5-7-13-19/h8-11,16H,5-7,12-13H2,1-4H3. The quantitative estimate of drug-likeness (QED) is 0.587. The van der Waals surface area contributed by atoms with E-state index in [0.717, 1.165) is 24.8 Å². The first-order valence-corrected chi connectivity index (χ1v) is 9.96. The third kappa shape index (κ3) is 5.80. The van der Waals surface area contributed by atoms with Crippen molar-refractivity contribution in [2.75, 3.05) is 13.1 Å². The molecule has 1 aliphatic heterocycles. The van der Waals surface area contributed by atoms with Gasteiger partial charge in [-0.15, -0.1) is 0 Å². The number of hydrogen-bond donors (Lipinski definition) is 0. The van der Waals surface area contributed by atoms with E-state index in [1.165, 1.54) is 12.1 Å². The van der Waals surface area contributed by atoms with Crippen molar-refractivity contribution in [2.45, 2.75) is 63.7 Å². The van der Waals surface area contributed by atoms with Crippen LogP contribution < -0.4 is 0 Å². The number of carbonyl (C=O) groups excluding carboxylic acids is 1. The number of benzene rings is 1. The number of hydrogen-bond acceptors (Lipinski definition) is 6. The summed E-state index contributed by atoms with van der Waals surface area (Å²) in [7, 11) is -4.07. The Morgan fingerprint density at radius 2 is 1.64 bits per heavy atom. The summed E-state index contributed by atoms with van der Waals surface area (Å²) in [6.07, 6.45) is 1.59. The highest BCUT2D eigenvalue weighted by atomic mass is 32.2. The van der Waals surface area contributed by atoms with Gasteiger partial charge in [0, 0.05) is 13.1 Å². The number of rotatable bonds is 5. The van der Waals surface area contributed by atoms with Gasteiger partial charge in [-0.25, -0.2) is 8.98 Å². The highest BCUT2D eigenvalue weighted by Crippen LogP contribution is 2.22. The predicted octanol–water partition coefficient (Wildman–Crippen LogP) is 2.85. The van der Waals surface area contributed by atoms with E-state index in [1.54, 1.807) is 37.8 Å². The van der Waals surface area contributed by atoms with Gasteiger partial charge in [0.2, 0.25) is 6.23 Å². The molecule has 1 aromatic rings. The van der Waals surface area contributed by atoms with E-state index in [2.05, 4.69) is 0 Å². The van der Waals surface area contributed by atoms with Gasteiger partial charge in [-0.1, -0.05) is 24.1 Å². The van der Waals surface area contributed by atoms with Crippen LogP contribution in [0.15, 0.2) is 29.2 Å². The van der Waals surface area contributed by atoms with E-state index < -0.39 is 27.9 Å². The molecule has 0 saturated carbocycles. The first-order valence-electron chi connectivity index (χ1n) is 8.55. The van der Waals surface area contributed by atoms with Crippen LogP contribution in [0.1, 0.15) is 45.6 Å². The molecule has 2 rings (SSSR count). The highest BCUT2D eigenvalue weighted by molar-refractivity contribution is 7.86. The van der Waals surface area contributed by atoms with Crippen LogP contribution in [0, 0.1) is 6.92 Å². The van der Waals surface area contributed by atoms with Crippen molar-refractivity contribution in [1.29, 1.82) is 0 Å². The second-order valence-electron chi connectivity index (χ2n) is 7.35. The fourth-order valence-corrected chi connectivity index (χ4v) is 3.66. The summed E-state index contributed by atoms with van der Waals surface area (Å²) < 4.78 is 35.9. The lowest BCUT2D eigenvalue weighted by atomic mass is 10.1. The minimum absolute atomic E-state index is 0.0312. The number of ether oxygens (including phenoxy) is 1. The molecule has 140 valence electrons. The third-order valence-corrected chi connectivity index (χ3v) is 5.14. The van der Waals surface area contributed by atoms with Crippen LogP contribution in [0.4, 0.5) is 0 Å². The number of likely N-dealkylation sites (tertiary alicyclic amines) is 1. The lowest BCUT2D eigenvalue weighted by Gasteiger charge is -2.33. The van der Waals surface area contributed by atoms with Gasteiger partial charge in [0.25, 0.3) is 10.1 Å². The summed E-state index contributed by atoms with van der Waals surface area (Å²) in [5, 5.41) is 0. The van der Waals surface area contributed by atoms with Crippen LogP contribution in [-0.2, 0) is 23.8 Å². The molecule has 1 heterocycles. The van der Waals surface area contributed by atoms with Crippen molar-refractivity contribution in [3.05, 3.63) is 29.8 Å². The molecule has 1 aromatic carbocycles. The van der Waals surface area contributed by atoms with Gasteiger partial charge in [-0.05, 0) is 52.7 Å². The largest absolute Gasteiger partial charge is 0.457 e. The van der Waals surface area contributed by atoms with E-state index >= 15 is 0 Å². The predicted molar refractivity (Wildman–Crippen MR) is 94.5 cm³/mol. The van der Waals surface area contributed by atoms with Gasteiger partial charge in [0.1, 0.15) is 5.60 Å². The van der Waals surface area contributed by atoms with Crippen molar-refractivity contribution in [2.24, 2.45) is 0 Å². The molecule has 0 radical (unpaired) electrons. The SMILES string of the molecule is Cc1ccc(S(=O)(=O)OC(C(=O)OC(C)(C)C)N2CCCCC2)cc1. The second-order valence-corrected chi connectivity index (χ2v) is 8.92. The fraction of sp³-hybridized carbons (Fsp3) is 0.611. The van der Waals surface area contributed by atoms with Gasteiger partial charge in [0.05, 0.1) is 4.90 Å². The molecule has 0 amide bonds. The lowest BCUT2D eigenvalue weighted by Crippen LogP contribution is -2.49. The summed E-state index contributed by atoms with van der Waals surface area (Å²) in [6.45, 7) is 8.31. The second kappa shape index (κ2) is 7.85. The molecular weight excluding hydrogens is 342 g/mol. The zero-order chi connectivity index (χ0) is 18.7. The van der Waals surface area contributed by atoms with Gasteiger partial charge in [-0.3, -0.25) is 4.90 Å². The molecule has 7 heteroatoms. The monoisotopic (exact) mass is 369 g/mol. The zero-order valence-corrected chi connectivity index (χ0v) is 16.1. The molecule has 1 aliphatic rings. The molecule has 0 bridgehead atoms. The Balaban J connectivity index is 2.25. The number of nitrogens with zero attached hydrogens (tertiary/aromatic N) is 1. The summed E-state index contributed by atoms with van der Waals surface area (Å²) in [6, 6.07) is 6.35. The van der Waals surface area contributed by atoms with Crippen molar-refractivity contribution in [3.8, 4) is 0 Å². The molecule has 6 nitrogen and oxygen atoms in total. The molecule has 0 N–H and O–H groups in total. The molecule has 1 atom stereocenters. The Kier molecular flexibility index (Phi) is 6.24. The van der Waals surface area contributed by atoms with Gasteiger partial charge < -0.3 is 4.74 Å². The van der Waals surface area contributed by atoms with Gasteiger partial charge in [0.15, 0.2) is 0 Å². The summed E-state index contributed by atoms with van der Waals surface area (Å²) in [5.74, 6) is -0.676. The average Bonchev–Trinajstić information content (AvgIpc) is 2.52. The minimum atomic E-state index is -4.07. The Labute approximate surface area is 150 Å². The molecule has 1 saturated heterocycles. The van der Waals surface area contributed by atoms with Crippen LogP contribution in [0.25, 0.3) is 0 Å². The maximum absolute atomic E-state index is 12.6. The molecule has 25 heavy (non-hydrogen) atoms. The van der Waals surface area contributed by atoms with Crippen molar-refractivity contribution in [1.82, 2.24) is 4.90 Å². The van der Waals surface area contributed by atoms with Crippen molar-refractivity contribution in [3.63, 3.8) is 0 Å². The Morgan fingerprint density at radius 1 is 1.08 bits per heavy atom. The minimum Gasteiger partial charge on any atom is -0.457 e. The molecular formula is C18H27NO5S. The first-order chi connectivity index (χ1) is 11.6. The maximum atomic E-state index is 12.6. The maximum Gasteiger partial charge on any atom is 0.352 e. The van der Waals surface area contributed by atoms with Gasteiger partial charge >= 0.3 is 5.97 Å². The van der Waals surface area contributed by atoms with Crippen molar-refractivity contribution >= 4 is 16.1 Å². The molecule has 0 aliphatic carbocycles. The number of piperidine rings is 1. The van der Waals surface area contributed by atoms with Crippen LogP contribution >= 0.6 is 0 Å². The van der Waals surface area contributed by atoms with Crippen LogP contribution in [0.3, 0.4) is 0 Å². The number of aryl methyl sites for hydroxylation is 1. The van der Waals surface area contributed by atoms with Gasteiger partial charge in [-0.2, -0.15) is 8.42 Å². The van der Waals surface area contributed by atoms with Crippen molar-refractivity contribution < 1.29 is 22.1 Å². The zero-order valence-electron chi connectivity index (χ0n) is 15.3. The lowest BCUT2D eigenvalue weighted by molar-refractivity contribution is -0.173. The normalized spacial score (nSPS) is 17.9. The Hall–Kier alpha value is -1.44. The Morgan fingerprint density at radius 3 is 2.16 bits per heavy atom. The summed E-state index contributed by atoms with van der Waals surface area (Å²) >= 11 is 0. The number of carbonyl (C=O) groups is 1. The first kappa shape index (κ1) is 19.9. The van der Waals surface area contributed by atoms with Crippen LogP contribution in [0.5, 0.6) is 0 Å². The van der Waals surface area contributed by atoms with E-state index in [0.29, 0.717) is 13.1 Å². The highest BCUT2D eigenvalue weighted by Gasteiger charge is 2.36. The Bertz CT molecular complexity index is 685. The van der Waals surface area contributed by atoms with E-state index in [1.807, 2.05) is 6.92 Å². The third-order valence-electron chi connectivity index (χ3n) is 3.86. The molecule has 1 fully saturated rings. The van der Waals surface area contributed by atoms with E-state index in [4.69, 9.17) is 8.92 Å². The summed E-state index contributed by atoms with van der Waals surface area (Å²) in [5.41, 5.74) is 0.223.